The Balaban J connectivity index is 2.73. The summed E-state index contributed by atoms with van der Waals surface area (Å²) in [6, 6.07) is 3.50. The van der Waals surface area contributed by atoms with Gasteiger partial charge in [-0.1, -0.05) is 6.07 Å². The molecule has 6 heteroatoms. The Labute approximate surface area is 94.1 Å². The third-order valence-corrected chi connectivity index (χ3v) is 3.64. The molecule has 16 heavy (non-hydrogen) atoms. The summed E-state index contributed by atoms with van der Waals surface area (Å²) in [6.45, 7) is 1.77. The highest BCUT2D eigenvalue weighted by molar-refractivity contribution is 7.90. The summed E-state index contributed by atoms with van der Waals surface area (Å²) >= 11 is 0. The van der Waals surface area contributed by atoms with Crippen molar-refractivity contribution in [2.75, 3.05) is 5.75 Å². The second-order valence-corrected chi connectivity index (χ2v) is 5.69. The Bertz CT molecular complexity index is 481. The highest BCUT2D eigenvalue weighted by atomic mass is 32.2. The largest absolute Gasteiger partial charge is 0.481 e. The lowest BCUT2D eigenvalue weighted by atomic mass is 10.2. The smallest absolute Gasteiger partial charge is 0.304 e. The first-order valence-electron chi connectivity index (χ1n) is 4.73. The second kappa shape index (κ2) is 5.07. The molecule has 1 aromatic heterocycles. The first-order chi connectivity index (χ1) is 7.41. The quantitative estimate of drug-likeness (QED) is 0.826. The molecule has 0 saturated heterocycles. The molecule has 0 aliphatic rings. The van der Waals surface area contributed by atoms with E-state index in [1.807, 2.05) is 0 Å². The normalized spacial score (nSPS) is 11.3. The molecule has 0 aromatic carbocycles. The fourth-order valence-electron chi connectivity index (χ4n) is 1.19. The van der Waals surface area contributed by atoms with Crippen molar-refractivity contribution in [1.29, 1.82) is 0 Å². The fraction of sp³-hybridized carbons (Fsp3) is 0.400. The molecule has 0 fully saturated rings. The number of aryl methyl sites for hydroxylation is 1. The Hall–Kier alpha value is -1.43. The SMILES string of the molecule is Cc1cccnc1CS(=O)(=O)CCC(=O)O. The predicted octanol–water partition coefficient (Wildman–Crippen LogP) is 0.780. The molecule has 0 saturated carbocycles. The van der Waals surface area contributed by atoms with Crippen LogP contribution in [-0.4, -0.2) is 30.2 Å². The molecule has 0 amide bonds. The molecular weight excluding hydrogens is 230 g/mol. The molecular formula is C10H13NO4S. The highest BCUT2D eigenvalue weighted by Crippen LogP contribution is 2.09. The Morgan fingerprint density at radius 1 is 1.50 bits per heavy atom. The van der Waals surface area contributed by atoms with Crippen molar-refractivity contribution < 1.29 is 18.3 Å². The minimum atomic E-state index is -3.40. The zero-order valence-corrected chi connectivity index (χ0v) is 9.70. The number of sulfone groups is 1. The second-order valence-electron chi connectivity index (χ2n) is 3.50. The van der Waals surface area contributed by atoms with Crippen molar-refractivity contribution >= 4 is 15.8 Å². The number of carboxylic acid groups (broad SMARTS) is 1. The zero-order valence-electron chi connectivity index (χ0n) is 8.88. The maximum absolute atomic E-state index is 11.6. The van der Waals surface area contributed by atoms with Gasteiger partial charge < -0.3 is 5.11 Å². The van der Waals surface area contributed by atoms with E-state index in [0.717, 1.165) is 5.56 Å². The molecule has 0 unspecified atom stereocenters. The van der Waals surface area contributed by atoms with Crippen LogP contribution in [-0.2, 0) is 20.4 Å². The maximum Gasteiger partial charge on any atom is 0.304 e. The Kier molecular flexibility index (Phi) is 4.00. The molecule has 5 nitrogen and oxygen atoms in total. The first kappa shape index (κ1) is 12.6. The zero-order chi connectivity index (χ0) is 12.2. The fourth-order valence-corrected chi connectivity index (χ4v) is 2.54. The number of hydrogen-bond donors (Lipinski definition) is 1. The lowest BCUT2D eigenvalue weighted by Crippen LogP contribution is -2.14. The van der Waals surface area contributed by atoms with Crippen molar-refractivity contribution in [2.45, 2.75) is 19.1 Å². The summed E-state index contributed by atoms with van der Waals surface area (Å²) in [5, 5.41) is 8.42. The highest BCUT2D eigenvalue weighted by Gasteiger charge is 2.15. The van der Waals surface area contributed by atoms with E-state index in [2.05, 4.69) is 4.98 Å². The van der Waals surface area contributed by atoms with Gasteiger partial charge in [-0.05, 0) is 18.6 Å². The first-order valence-corrected chi connectivity index (χ1v) is 6.55. The molecule has 0 aliphatic carbocycles. The number of carbonyl (C=O) groups is 1. The van der Waals surface area contributed by atoms with Crippen molar-refractivity contribution in [2.24, 2.45) is 0 Å². The van der Waals surface area contributed by atoms with Crippen LogP contribution in [0.2, 0.25) is 0 Å². The summed E-state index contributed by atoms with van der Waals surface area (Å²) in [6.07, 6.45) is 1.16. The van der Waals surface area contributed by atoms with Crippen LogP contribution >= 0.6 is 0 Å². The van der Waals surface area contributed by atoms with Crippen molar-refractivity contribution in [3.8, 4) is 0 Å². The van der Waals surface area contributed by atoms with Gasteiger partial charge in [-0.3, -0.25) is 9.78 Å². The molecule has 0 radical (unpaired) electrons. The topological polar surface area (TPSA) is 84.3 Å². The Morgan fingerprint density at radius 2 is 2.19 bits per heavy atom. The van der Waals surface area contributed by atoms with E-state index in [1.54, 1.807) is 19.1 Å². The van der Waals surface area contributed by atoms with Gasteiger partial charge in [-0.15, -0.1) is 0 Å². The number of aromatic nitrogens is 1. The average Bonchev–Trinajstić information content (AvgIpc) is 2.19. The van der Waals surface area contributed by atoms with Gasteiger partial charge in [0.15, 0.2) is 9.84 Å². The van der Waals surface area contributed by atoms with Gasteiger partial charge in [-0.2, -0.15) is 0 Å². The van der Waals surface area contributed by atoms with Crippen LogP contribution in [0.5, 0.6) is 0 Å². The summed E-state index contributed by atoms with van der Waals surface area (Å²) in [7, 11) is -3.40. The lowest BCUT2D eigenvalue weighted by Gasteiger charge is -2.04. The standard InChI is InChI=1S/C10H13NO4S/c1-8-3-2-5-11-9(8)7-16(14,15)6-4-10(12)13/h2-3,5H,4,6-7H2,1H3,(H,12,13). The van der Waals surface area contributed by atoms with Gasteiger partial charge in [0, 0.05) is 6.20 Å². The third-order valence-electron chi connectivity index (χ3n) is 2.10. The molecule has 1 heterocycles. The van der Waals surface area contributed by atoms with Crippen LogP contribution in [0.15, 0.2) is 18.3 Å². The minimum Gasteiger partial charge on any atom is -0.481 e. The van der Waals surface area contributed by atoms with Crippen LogP contribution in [0.1, 0.15) is 17.7 Å². The third kappa shape index (κ3) is 3.98. The van der Waals surface area contributed by atoms with Gasteiger partial charge in [0.1, 0.15) is 0 Å². The monoisotopic (exact) mass is 243 g/mol. The summed E-state index contributed by atoms with van der Waals surface area (Å²) in [4.78, 5) is 14.2. The molecule has 0 aliphatic heterocycles. The molecule has 0 atom stereocenters. The van der Waals surface area contributed by atoms with Crippen molar-refractivity contribution in [3.63, 3.8) is 0 Å². The number of rotatable bonds is 5. The molecule has 0 spiro atoms. The molecule has 1 rings (SSSR count). The maximum atomic E-state index is 11.6. The van der Waals surface area contributed by atoms with Crippen LogP contribution in [0, 0.1) is 6.92 Å². The number of pyridine rings is 1. The Morgan fingerprint density at radius 3 is 2.75 bits per heavy atom. The van der Waals surface area contributed by atoms with Crippen LogP contribution in [0.3, 0.4) is 0 Å². The van der Waals surface area contributed by atoms with E-state index < -0.39 is 15.8 Å². The van der Waals surface area contributed by atoms with Gasteiger partial charge in [0.05, 0.1) is 23.6 Å². The summed E-state index contributed by atoms with van der Waals surface area (Å²) in [5.74, 6) is -1.66. The van der Waals surface area contributed by atoms with Crippen molar-refractivity contribution in [3.05, 3.63) is 29.6 Å². The lowest BCUT2D eigenvalue weighted by molar-refractivity contribution is -0.136. The van der Waals surface area contributed by atoms with Crippen molar-refractivity contribution in [1.82, 2.24) is 4.98 Å². The number of nitrogens with zero attached hydrogens (tertiary/aromatic N) is 1. The minimum absolute atomic E-state index is 0.201. The van der Waals surface area contributed by atoms with E-state index in [4.69, 9.17) is 5.11 Å². The average molecular weight is 243 g/mol. The number of aliphatic carboxylic acids is 1. The van der Waals surface area contributed by atoms with E-state index in [0.29, 0.717) is 5.69 Å². The van der Waals surface area contributed by atoms with Gasteiger partial charge in [-0.25, -0.2) is 8.42 Å². The molecule has 1 aromatic rings. The summed E-state index contributed by atoms with van der Waals surface area (Å²) in [5.41, 5.74) is 1.27. The van der Waals surface area contributed by atoms with Crippen LogP contribution < -0.4 is 0 Å². The van der Waals surface area contributed by atoms with Crippen LogP contribution in [0.25, 0.3) is 0 Å². The van der Waals surface area contributed by atoms with Gasteiger partial charge >= 0.3 is 5.97 Å². The molecule has 1 N–H and O–H groups in total. The van der Waals surface area contributed by atoms with E-state index >= 15 is 0 Å². The van der Waals surface area contributed by atoms with E-state index in [-0.39, 0.29) is 17.9 Å². The van der Waals surface area contributed by atoms with E-state index in [9.17, 15) is 13.2 Å². The number of hydrogen-bond acceptors (Lipinski definition) is 4. The predicted molar refractivity (Wildman–Crippen MR) is 58.7 cm³/mol. The summed E-state index contributed by atoms with van der Waals surface area (Å²) < 4.78 is 23.1. The number of carboxylic acids is 1. The van der Waals surface area contributed by atoms with Crippen LogP contribution in [0.4, 0.5) is 0 Å². The van der Waals surface area contributed by atoms with Gasteiger partial charge in [0.2, 0.25) is 0 Å². The van der Waals surface area contributed by atoms with E-state index in [1.165, 1.54) is 6.20 Å². The molecule has 0 bridgehead atoms. The van der Waals surface area contributed by atoms with Gasteiger partial charge in [0.25, 0.3) is 0 Å². The molecule has 88 valence electrons.